The Morgan fingerprint density at radius 1 is 0.500 bits per heavy atom. The molecule has 1 aliphatic carbocycles. The maximum atomic E-state index is 10.3. The van der Waals surface area contributed by atoms with Crippen molar-refractivity contribution in [2.24, 2.45) is 0 Å². The molecule has 3 rings (SSSR count). The van der Waals surface area contributed by atoms with E-state index in [4.69, 9.17) is 0 Å². The van der Waals surface area contributed by atoms with Crippen LogP contribution in [-0.4, -0.2) is 53.1 Å². The van der Waals surface area contributed by atoms with E-state index in [2.05, 4.69) is 0 Å². The first-order valence-corrected chi connectivity index (χ1v) is 7.09. The molecule has 0 amide bonds. The zero-order valence-corrected chi connectivity index (χ0v) is 12.2. The molecule has 1 saturated carbocycles. The van der Waals surface area contributed by atoms with Crippen molar-refractivity contribution in [1.82, 2.24) is 0 Å². The molecule has 2 aromatic rings. The second-order valence-corrected chi connectivity index (χ2v) is 5.78. The van der Waals surface area contributed by atoms with Gasteiger partial charge in [-0.3, -0.25) is 0 Å². The van der Waals surface area contributed by atoms with E-state index >= 15 is 0 Å². The minimum absolute atomic E-state index is 0.0315. The highest BCUT2D eigenvalue weighted by molar-refractivity contribution is 5.59. The van der Waals surface area contributed by atoms with Crippen molar-refractivity contribution in [3.05, 3.63) is 35.4 Å². The van der Waals surface area contributed by atoms with Gasteiger partial charge in [0.1, 0.15) is 0 Å². The molecular formula is C16H16O8. The van der Waals surface area contributed by atoms with Gasteiger partial charge in [-0.1, -0.05) is 12.1 Å². The molecule has 0 aliphatic heterocycles. The van der Waals surface area contributed by atoms with Crippen molar-refractivity contribution < 1.29 is 40.9 Å². The maximum Gasteiger partial charge on any atom is 0.200 e. The third kappa shape index (κ3) is 2.08. The second kappa shape index (κ2) is 5.36. The van der Waals surface area contributed by atoms with E-state index < -0.39 is 58.5 Å². The summed E-state index contributed by atoms with van der Waals surface area (Å²) in [5.41, 5.74) is 0.0630. The zero-order valence-electron chi connectivity index (χ0n) is 12.2. The molecule has 0 bridgehead atoms. The van der Waals surface area contributed by atoms with Gasteiger partial charge in [-0.15, -0.1) is 0 Å². The Morgan fingerprint density at radius 2 is 0.833 bits per heavy atom. The van der Waals surface area contributed by atoms with Crippen LogP contribution in [0.3, 0.4) is 0 Å². The molecule has 0 unspecified atom stereocenters. The van der Waals surface area contributed by atoms with Crippen LogP contribution < -0.4 is 0 Å². The number of phenols is 6. The summed E-state index contributed by atoms with van der Waals surface area (Å²) in [7, 11) is 0. The molecular weight excluding hydrogens is 320 g/mol. The number of phenolic OH excluding ortho intramolecular Hbond substituents is 6. The van der Waals surface area contributed by atoms with E-state index in [1.807, 2.05) is 0 Å². The monoisotopic (exact) mass is 336 g/mol. The summed E-state index contributed by atoms with van der Waals surface area (Å²) in [4.78, 5) is 0. The van der Waals surface area contributed by atoms with Crippen LogP contribution in [0.15, 0.2) is 24.3 Å². The van der Waals surface area contributed by atoms with Gasteiger partial charge in [0.25, 0.3) is 0 Å². The number of aliphatic hydroxyl groups excluding tert-OH is 2. The van der Waals surface area contributed by atoms with Crippen molar-refractivity contribution >= 4 is 0 Å². The molecule has 0 aromatic heterocycles. The third-order valence-corrected chi connectivity index (χ3v) is 4.51. The fourth-order valence-corrected chi connectivity index (χ4v) is 3.15. The minimum Gasteiger partial charge on any atom is -0.504 e. The van der Waals surface area contributed by atoms with Crippen LogP contribution in [0.2, 0.25) is 0 Å². The fourth-order valence-electron chi connectivity index (χ4n) is 3.15. The first-order chi connectivity index (χ1) is 11.3. The lowest BCUT2D eigenvalue weighted by atomic mass is 9.63. The number of benzene rings is 2. The van der Waals surface area contributed by atoms with Crippen LogP contribution in [-0.2, 0) is 0 Å². The largest absolute Gasteiger partial charge is 0.504 e. The lowest BCUT2D eigenvalue weighted by Gasteiger charge is -2.47. The van der Waals surface area contributed by atoms with Crippen molar-refractivity contribution in [2.45, 2.75) is 24.0 Å². The Kier molecular flexibility index (Phi) is 3.58. The molecule has 2 aromatic carbocycles. The molecule has 8 heteroatoms. The lowest BCUT2D eigenvalue weighted by Crippen LogP contribution is -2.51. The van der Waals surface area contributed by atoms with Gasteiger partial charge >= 0.3 is 0 Å². The summed E-state index contributed by atoms with van der Waals surface area (Å²) in [6.45, 7) is 0. The minimum atomic E-state index is -1.25. The topological polar surface area (TPSA) is 162 Å². The summed E-state index contributed by atoms with van der Waals surface area (Å²) >= 11 is 0. The van der Waals surface area contributed by atoms with E-state index in [1.54, 1.807) is 0 Å². The Morgan fingerprint density at radius 3 is 1.17 bits per heavy atom. The van der Waals surface area contributed by atoms with E-state index in [1.165, 1.54) is 12.1 Å². The summed E-state index contributed by atoms with van der Waals surface area (Å²) in [6.07, 6.45) is -2.49. The quantitative estimate of drug-likeness (QED) is 0.368. The first-order valence-electron chi connectivity index (χ1n) is 7.09. The molecule has 0 saturated heterocycles. The van der Waals surface area contributed by atoms with Crippen molar-refractivity contribution in [2.75, 3.05) is 0 Å². The van der Waals surface area contributed by atoms with E-state index in [0.29, 0.717) is 0 Å². The van der Waals surface area contributed by atoms with E-state index in [0.717, 1.165) is 12.1 Å². The first kappa shape index (κ1) is 16.0. The third-order valence-electron chi connectivity index (χ3n) is 4.51. The standard InChI is InChI=1S/C16H16O8/c17-7-3-1-5(11(19)13(7)21)9-15(23)10(16(9)24)6-2-4-8(18)14(22)12(6)20/h1-4,9-10,15-24H. The average molecular weight is 336 g/mol. The Balaban J connectivity index is 1.96. The van der Waals surface area contributed by atoms with Gasteiger partial charge in [0, 0.05) is 23.0 Å². The van der Waals surface area contributed by atoms with Crippen LogP contribution in [0.1, 0.15) is 23.0 Å². The number of hydrogen-bond donors (Lipinski definition) is 8. The van der Waals surface area contributed by atoms with Gasteiger partial charge in [0.15, 0.2) is 23.0 Å². The predicted octanol–water partition coefficient (Wildman–Crippen LogP) is 0.523. The number of aliphatic hydroxyl groups is 2. The van der Waals surface area contributed by atoms with Crippen molar-refractivity contribution in [3.63, 3.8) is 0 Å². The van der Waals surface area contributed by atoms with Crippen LogP contribution in [0.5, 0.6) is 34.5 Å². The number of hydrogen-bond acceptors (Lipinski definition) is 8. The van der Waals surface area contributed by atoms with Gasteiger partial charge in [-0.25, -0.2) is 0 Å². The molecule has 0 heterocycles. The van der Waals surface area contributed by atoms with Crippen molar-refractivity contribution in [3.8, 4) is 34.5 Å². The molecule has 1 aliphatic rings. The maximum absolute atomic E-state index is 10.3. The number of aromatic hydroxyl groups is 6. The summed E-state index contributed by atoms with van der Waals surface area (Å²) in [5, 5.41) is 78.2. The molecule has 1 fully saturated rings. The molecule has 0 radical (unpaired) electrons. The highest BCUT2D eigenvalue weighted by Crippen LogP contribution is 2.55. The molecule has 24 heavy (non-hydrogen) atoms. The summed E-state index contributed by atoms with van der Waals surface area (Å²) < 4.78 is 0. The van der Waals surface area contributed by atoms with Crippen LogP contribution >= 0.6 is 0 Å². The van der Waals surface area contributed by atoms with Gasteiger partial charge < -0.3 is 40.9 Å². The highest BCUT2D eigenvalue weighted by atomic mass is 16.3. The molecule has 8 N–H and O–H groups in total. The summed E-state index contributed by atoms with van der Waals surface area (Å²) in [5.74, 6) is -5.88. The fraction of sp³-hybridized carbons (Fsp3) is 0.250. The van der Waals surface area contributed by atoms with Crippen LogP contribution in [0.4, 0.5) is 0 Å². The Labute approximate surface area is 135 Å². The lowest BCUT2D eigenvalue weighted by molar-refractivity contribution is -0.0799. The van der Waals surface area contributed by atoms with E-state index in [-0.39, 0.29) is 11.1 Å². The predicted molar refractivity (Wildman–Crippen MR) is 80.4 cm³/mol. The molecule has 0 atom stereocenters. The molecule has 0 spiro atoms. The van der Waals surface area contributed by atoms with Gasteiger partial charge in [0.2, 0.25) is 11.5 Å². The number of rotatable bonds is 2. The van der Waals surface area contributed by atoms with Crippen molar-refractivity contribution in [1.29, 1.82) is 0 Å². The summed E-state index contributed by atoms with van der Waals surface area (Å²) in [6, 6.07) is 4.74. The average Bonchev–Trinajstić information content (AvgIpc) is 2.56. The Bertz CT molecular complexity index is 728. The smallest absolute Gasteiger partial charge is 0.200 e. The van der Waals surface area contributed by atoms with Gasteiger partial charge in [-0.2, -0.15) is 0 Å². The van der Waals surface area contributed by atoms with Crippen LogP contribution in [0.25, 0.3) is 0 Å². The second-order valence-electron chi connectivity index (χ2n) is 5.78. The molecule has 128 valence electrons. The SMILES string of the molecule is Oc1ccc(C2C(O)C(c3ccc(O)c(O)c3O)C2O)c(O)c1O. The van der Waals surface area contributed by atoms with Crippen LogP contribution in [0, 0.1) is 0 Å². The van der Waals surface area contributed by atoms with Gasteiger partial charge in [0.05, 0.1) is 12.2 Å². The normalized spacial score (nSPS) is 26.1. The zero-order chi connectivity index (χ0) is 17.8. The Hall–Kier alpha value is -2.84. The molecule has 8 nitrogen and oxygen atoms in total. The van der Waals surface area contributed by atoms with Gasteiger partial charge in [-0.05, 0) is 12.1 Å². The van der Waals surface area contributed by atoms with E-state index in [9.17, 15) is 40.9 Å². The highest BCUT2D eigenvalue weighted by Gasteiger charge is 2.52.